The SMILES string of the molecule is CCOc1cc(NC(=O)[C@@H](O)C(C)C)ccc1S(=O)(=O)Nc1ccc(C)c(F)c1. The number of aryl methyl sites for hydroxylation is 1. The van der Waals surface area contributed by atoms with Crippen molar-refractivity contribution < 1.29 is 27.4 Å². The summed E-state index contributed by atoms with van der Waals surface area (Å²) in [4.78, 5) is 11.9. The second kappa shape index (κ2) is 9.23. The standard InChI is InChI=1S/C20H25FN2O5S/c1-5-28-17-11-14(22-20(25)19(24)12(2)3)8-9-18(17)29(26,27)23-15-7-6-13(4)16(21)10-15/h6-12,19,23-24H,5H2,1-4H3,(H,22,25)/t19-/m0/s1. The smallest absolute Gasteiger partial charge is 0.265 e. The van der Waals surface area contributed by atoms with E-state index >= 15 is 0 Å². The molecule has 0 radical (unpaired) electrons. The highest BCUT2D eigenvalue weighted by molar-refractivity contribution is 7.92. The molecule has 7 nitrogen and oxygen atoms in total. The molecule has 0 aromatic heterocycles. The third-order valence-electron chi connectivity index (χ3n) is 4.12. The van der Waals surface area contributed by atoms with E-state index in [0.29, 0.717) is 5.56 Å². The van der Waals surface area contributed by atoms with Crippen LogP contribution in [0.5, 0.6) is 5.75 Å². The fraction of sp³-hybridized carbons (Fsp3) is 0.350. The maximum Gasteiger partial charge on any atom is 0.265 e. The van der Waals surface area contributed by atoms with Crippen molar-refractivity contribution in [1.29, 1.82) is 0 Å². The van der Waals surface area contributed by atoms with Gasteiger partial charge in [-0.3, -0.25) is 9.52 Å². The molecule has 0 saturated carbocycles. The first-order valence-corrected chi connectivity index (χ1v) is 10.6. The second-order valence-electron chi connectivity index (χ2n) is 6.84. The van der Waals surface area contributed by atoms with Crippen molar-refractivity contribution in [3.8, 4) is 5.75 Å². The van der Waals surface area contributed by atoms with E-state index in [4.69, 9.17) is 4.74 Å². The molecule has 0 heterocycles. The van der Waals surface area contributed by atoms with Crippen molar-refractivity contribution in [2.45, 2.75) is 38.7 Å². The largest absolute Gasteiger partial charge is 0.492 e. The molecular weight excluding hydrogens is 399 g/mol. The summed E-state index contributed by atoms with van der Waals surface area (Å²) in [5, 5.41) is 12.4. The van der Waals surface area contributed by atoms with Gasteiger partial charge in [0.1, 0.15) is 22.6 Å². The fourth-order valence-electron chi connectivity index (χ4n) is 2.46. The van der Waals surface area contributed by atoms with Gasteiger partial charge in [-0.25, -0.2) is 12.8 Å². The van der Waals surface area contributed by atoms with Gasteiger partial charge in [-0.15, -0.1) is 0 Å². The number of rotatable bonds is 8. The second-order valence-corrected chi connectivity index (χ2v) is 8.49. The minimum atomic E-state index is -4.07. The van der Waals surface area contributed by atoms with Gasteiger partial charge in [0.25, 0.3) is 15.9 Å². The molecule has 1 amide bonds. The number of benzene rings is 2. The normalized spacial score (nSPS) is 12.5. The molecular formula is C20H25FN2O5S. The molecule has 0 fully saturated rings. The van der Waals surface area contributed by atoms with E-state index in [-0.39, 0.29) is 34.5 Å². The Morgan fingerprint density at radius 2 is 1.83 bits per heavy atom. The maximum atomic E-state index is 13.7. The Labute approximate surface area is 170 Å². The molecule has 2 aromatic carbocycles. The van der Waals surface area contributed by atoms with Crippen LogP contribution in [0, 0.1) is 18.7 Å². The van der Waals surface area contributed by atoms with Gasteiger partial charge in [0.15, 0.2) is 0 Å². The Bertz CT molecular complexity index is 992. The average molecular weight is 424 g/mol. The molecule has 0 saturated heterocycles. The molecule has 158 valence electrons. The fourth-order valence-corrected chi connectivity index (χ4v) is 3.64. The highest BCUT2D eigenvalue weighted by atomic mass is 32.2. The minimum absolute atomic E-state index is 0.0180. The highest BCUT2D eigenvalue weighted by Gasteiger charge is 2.23. The lowest BCUT2D eigenvalue weighted by Gasteiger charge is -2.17. The van der Waals surface area contributed by atoms with Gasteiger partial charge < -0.3 is 15.2 Å². The van der Waals surface area contributed by atoms with E-state index in [1.807, 2.05) is 0 Å². The Kier molecular flexibility index (Phi) is 7.21. The summed E-state index contributed by atoms with van der Waals surface area (Å²) >= 11 is 0. The van der Waals surface area contributed by atoms with Crippen LogP contribution in [0.2, 0.25) is 0 Å². The lowest BCUT2D eigenvalue weighted by molar-refractivity contribution is -0.125. The number of sulfonamides is 1. The molecule has 1 atom stereocenters. The number of hydrogen-bond acceptors (Lipinski definition) is 5. The zero-order valence-corrected chi connectivity index (χ0v) is 17.5. The summed E-state index contributed by atoms with van der Waals surface area (Å²) in [6.07, 6.45) is -1.20. The van der Waals surface area contributed by atoms with Crippen LogP contribution in [0.3, 0.4) is 0 Å². The zero-order chi connectivity index (χ0) is 21.8. The molecule has 3 N–H and O–H groups in total. The van der Waals surface area contributed by atoms with Gasteiger partial charge in [0.2, 0.25) is 0 Å². The molecule has 0 bridgehead atoms. The quantitative estimate of drug-likeness (QED) is 0.603. The number of ether oxygens (including phenoxy) is 1. The van der Waals surface area contributed by atoms with Crippen LogP contribution in [0.4, 0.5) is 15.8 Å². The van der Waals surface area contributed by atoms with Crippen molar-refractivity contribution >= 4 is 27.3 Å². The summed E-state index contributed by atoms with van der Waals surface area (Å²) in [5.74, 6) is -1.40. The predicted molar refractivity (Wildman–Crippen MR) is 109 cm³/mol. The van der Waals surface area contributed by atoms with Crippen molar-refractivity contribution in [2.24, 2.45) is 5.92 Å². The summed E-state index contributed by atoms with van der Waals surface area (Å²) in [6.45, 7) is 6.85. The molecule has 0 unspecified atom stereocenters. The number of carbonyl (C=O) groups is 1. The molecule has 29 heavy (non-hydrogen) atoms. The van der Waals surface area contributed by atoms with Crippen LogP contribution in [0.25, 0.3) is 0 Å². The molecule has 9 heteroatoms. The first kappa shape index (κ1) is 22.6. The van der Waals surface area contributed by atoms with E-state index in [0.717, 1.165) is 6.07 Å². The number of aliphatic hydroxyl groups is 1. The van der Waals surface area contributed by atoms with Crippen molar-refractivity contribution in [3.05, 3.63) is 47.8 Å². The monoisotopic (exact) mass is 424 g/mol. The molecule has 2 rings (SSSR count). The number of anilines is 2. The number of hydrogen-bond donors (Lipinski definition) is 3. The van der Waals surface area contributed by atoms with Crippen LogP contribution in [0.15, 0.2) is 41.3 Å². The summed E-state index contributed by atoms with van der Waals surface area (Å²) in [6, 6.07) is 8.04. The van der Waals surface area contributed by atoms with Crippen molar-refractivity contribution in [3.63, 3.8) is 0 Å². The van der Waals surface area contributed by atoms with Crippen molar-refractivity contribution in [2.75, 3.05) is 16.6 Å². The van der Waals surface area contributed by atoms with Gasteiger partial charge in [0.05, 0.1) is 12.3 Å². The Hall–Kier alpha value is -2.65. The van der Waals surface area contributed by atoms with E-state index < -0.39 is 27.9 Å². The Morgan fingerprint density at radius 1 is 1.17 bits per heavy atom. The third-order valence-corrected chi connectivity index (χ3v) is 5.55. The first-order valence-electron chi connectivity index (χ1n) is 9.10. The zero-order valence-electron chi connectivity index (χ0n) is 16.7. The summed E-state index contributed by atoms with van der Waals surface area (Å²) in [7, 11) is -4.07. The van der Waals surface area contributed by atoms with E-state index in [9.17, 15) is 22.7 Å². The van der Waals surface area contributed by atoms with Gasteiger partial charge in [-0.1, -0.05) is 19.9 Å². The van der Waals surface area contributed by atoms with Gasteiger partial charge >= 0.3 is 0 Å². The van der Waals surface area contributed by atoms with Gasteiger partial charge in [0, 0.05) is 11.8 Å². The summed E-state index contributed by atoms with van der Waals surface area (Å²) in [5.41, 5.74) is 0.748. The van der Waals surface area contributed by atoms with Crippen LogP contribution in [0.1, 0.15) is 26.3 Å². The molecule has 0 aliphatic rings. The Morgan fingerprint density at radius 3 is 2.41 bits per heavy atom. The number of aliphatic hydroxyl groups excluding tert-OH is 1. The lowest BCUT2D eigenvalue weighted by atomic mass is 10.1. The van der Waals surface area contributed by atoms with Crippen LogP contribution in [-0.2, 0) is 14.8 Å². The van der Waals surface area contributed by atoms with Crippen LogP contribution < -0.4 is 14.8 Å². The lowest BCUT2D eigenvalue weighted by Crippen LogP contribution is -2.31. The number of amides is 1. The topological polar surface area (TPSA) is 105 Å². The predicted octanol–water partition coefficient (Wildman–Crippen LogP) is 3.29. The molecule has 0 aliphatic heterocycles. The Balaban J connectivity index is 2.33. The number of nitrogens with one attached hydrogen (secondary N) is 2. The van der Waals surface area contributed by atoms with Crippen LogP contribution in [-0.4, -0.2) is 32.1 Å². The van der Waals surface area contributed by atoms with Crippen molar-refractivity contribution in [1.82, 2.24) is 0 Å². The average Bonchev–Trinajstić information content (AvgIpc) is 2.64. The van der Waals surface area contributed by atoms with E-state index in [1.165, 1.54) is 30.3 Å². The van der Waals surface area contributed by atoms with Crippen LogP contribution >= 0.6 is 0 Å². The molecule has 2 aromatic rings. The third kappa shape index (κ3) is 5.68. The number of carbonyl (C=O) groups excluding carboxylic acids is 1. The molecule has 0 spiro atoms. The maximum absolute atomic E-state index is 13.7. The first-order chi connectivity index (χ1) is 13.5. The number of halogens is 1. The summed E-state index contributed by atoms with van der Waals surface area (Å²) < 4.78 is 47.0. The highest BCUT2D eigenvalue weighted by Crippen LogP contribution is 2.30. The van der Waals surface area contributed by atoms with Gasteiger partial charge in [-0.05, 0) is 49.6 Å². The van der Waals surface area contributed by atoms with E-state index in [1.54, 1.807) is 27.7 Å². The van der Waals surface area contributed by atoms with E-state index in [2.05, 4.69) is 10.0 Å². The minimum Gasteiger partial charge on any atom is -0.492 e. The van der Waals surface area contributed by atoms with Gasteiger partial charge in [-0.2, -0.15) is 0 Å². The molecule has 0 aliphatic carbocycles.